The highest BCUT2D eigenvalue weighted by molar-refractivity contribution is 5.85. The van der Waals surface area contributed by atoms with Gasteiger partial charge in [-0.2, -0.15) is 0 Å². The highest BCUT2D eigenvalue weighted by Crippen LogP contribution is 2.01. The Labute approximate surface area is 89.2 Å². The molecule has 0 aliphatic heterocycles. The molecule has 1 aromatic rings. The van der Waals surface area contributed by atoms with Crippen LogP contribution < -0.4 is 0 Å². The lowest BCUT2D eigenvalue weighted by Crippen LogP contribution is -1.99. The van der Waals surface area contributed by atoms with Crippen LogP contribution in [0.15, 0.2) is 18.3 Å². The average Bonchev–Trinajstić information content (AvgIpc) is 2.17. The summed E-state index contributed by atoms with van der Waals surface area (Å²) in [4.78, 5) is 14.3. The molecule has 1 aromatic heterocycles. The van der Waals surface area contributed by atoms with Gasteiger partial charge in [-0.1, -0.05) is 25.7 Å². The number of pyridine rings is 1. The minimum atomic E-state index is -1.03. The van der Waals surface area contributed by atoms with Gasteiger partial charge in [-0.15, -0.1) is 0 Å². The van der Waals surface area contributed by atoms with Crippen molar-refractivity contribution >= 4 is 5.97 Å². The Morgan fingerprint density at radius 1 is 1.60 bits per heavy atom. The number of aromatic carboxylic acids is 1. The molecule has 0 atom stereocenters. The minimum absolute atomic E-state index is 0.0337. The van der Waals surface area contributed by atoms with Gasteiger partial charge in [-0.3, -0.25) is 0 Å². The summed E-state index contributed by atoms with van der Waals surface area (Å²) < 4.78 is 0. The third-order valence-corrected chi connectivity index (χ3v) is 1.72. The standard InChI is InChI=1S/C12H13NO2/c1-9(2)4-3-5-10-6-7-13-11(8-10)12(14)15/h6-9H,4H2,1-2H3,(H,14,15). The third-order valence-electron chi connectivity index (χ3n) is 1.72. The van der Waals surface area contributed by atoms with E-state index in [2.05, 4.69) is 30.7 Å². The number of nitrogens with zero attached hydrogens (tertiary/aromatic N) is 1. The molecule has 15 heavy (non-hydrogen) atoms. The molecule has 0 saturated carbocycles. The number of carboxylic acid groups (broad SMARTS) is 1. The zero-order valence-electron chi connectivity index (χ0n) is 8.82. The van der Waals surface area contributed by atoms with Gasteiger partial charge in [0.2, 0.25) is 0 Å². The number of carbonyl (C=O) groups is 1. The van der Waals surface area contributed by atoms with Crippen molar-refractivity contribution in [2.45, 2.75) is 20.3 Å². The first-order valence-electron chi connectivity index (χ1n) is 4.78. The summed E-state index contributed by atoms with van der Waals surface area (Å²) in [5, 5.41) is 8.71. The van der Waals surface area contributed by atoms with Gasteiger partial charge < -0.3 is 5.11 Å². The molecule has 0 saturated heterocycles. The van der Waals surface area contributed by atoms with E-state index in [-0.39, 0.29) is 5.69 Å². The van der Waals surface area contributed by atoms with Gasteiger partial charge in [-0.05, 0) is 18.1 Å². The van der Waals surface area contributed by atoms with Crippen molar-refractivity contribution in [2.75, 3.05) is 0 Å². The molecule has 0 aliphatic rings. The molecule has 0 amide bonds. The van der Waals surface area contributed by atoms with Gasteiger partial charge in [0.05, 0.1) is 0 Å². The van der Waals surface area contributed by atoms with Gasteiger partial charge in [0.15, 0.2) is 0 Å². The van der Waals surface area contributed by atoms with Gasteiger partial charge in [0.1, 0.15) is 5.69 Å². The molecule has 0 unspecified atom stereocenters. The molecule has 3 heteroatoms. The van der Waals surface area contributed by atoms with Crippen molar-refractivity contribution in [3.63, 3.8) is 0 Å². The molecule has 3 nitrogen and oxygen atoms in total. The van der Waals surface area contributed by atoms with Crippen LogP contribution in [-0.4, -0.2) is 16.1 Å². The lowest BCUT2D eigenvalue weighted by molar-refractivity contribution is 0.0690. The monoisotopic (exact) mass is 203 g/mol. The number of rotatable bonds is 2. The molecule has 0 aromatic carbocycles. The maximum absolute atomic E-state index is 10.6. The highest BCUT2D eigenvalue weighted by Gasteiger charge is 2.03. The second-order valence-corrected chi connectivity index (χ2v) is 3.63. The summed E-state index contributed by atoms with van der Waals surface area (Å²) in [6, 6.07) is 3.19. The maximum atomic E-state index is 10.6. The molecule has 0 radical (unpaired) electrons. The Bertz CT molecular complexity index is 413. The van der Waals surface area contributed by atoms with E-state index in [0.717, 1.165) is 6.42 Å². The zero-order chi connectivity index (χ0) is 11.3. The smallest absolute Gasteiger partial charge is 0.354 e. The summed E-state index contributed by atoms with van der Waals surface area (Å²) in [5.74, 6) is 5.42. The molecule has 78 valence electrons. The van der Waals surface area contributed by atoms with Crippen molar-refractivity contribution in [2.24, 2.45) is 5.92 Å². The number of hydrogen-bond donors (Lipinski definition) is 1. The molecule has 1 rings (SSSR count). The summed E-state index contributed by atoms with van der Waals surface area (Å²) in [5.41, 5.74) is 0.731. The quantitative estimate of drug-likeness (QED) is 0.749. The Morgan fingerprint density at radius 3 is 2.93 bits per heavy atom. The molecule has 0 aliphatic carbocycles. The van der Waals surface area contributed by atoms with E-state index in [9.17, 15) is 4.79 Å². The molecule has 0 bridgehead atoms. The Morgan fingerprint density at radius 2 is 2.33 bits per heavy atom. The van der Waals surface area contributed by atoms with Crippen molar-refractivity contribution < 1.29 is 9.90 Å². The fourth-order valence-corrected chi connectivity index (χ4v) is 0.982. The first kappa shape index (κ1) is 11.3. The van der Waals surface area contributed by atoms with Crippen LogP contribution in [0.4, 0.5) is 0 Å². The fourth-order valence-electron chi connectivity index (χ4n) is 0.982. The van der Waals surface area contributed by atoms with E-state index in [0.29, 0.717) is 11.5 Å². The van der Waals surface area contributed by atoms with E-state index >= 15 is 0 Å². The average molecular weight is 203 g/mol. The molecule has 1 N–H and O–H groups in total. The normalized spacial score (nSPS) is 9.53. The third kappa shape index (κ3) is 3.82. The predicted octanol–water partition coefficient (Wildman–Crippen LogP) is 2.18. The highest BCUT2D eigenvalue weighted by atomic mass is 16.4. The van der Waals surface area contributed by atoms with Crippen LogP contribution in [0.5, 0.6) is 0 Å². The topological polar surface area (TPSA) is 50.2 Å². The second kappa shape index (κ2) is 5.16. The van der Waals surface area contributed by atoms with Crippen LogP contribution in [0, 0.1) is 17.8 Å². The number of hydrogen-bond acceptors (Lipinski definition) is 2. The van der Waals surface area contributed by atoms with Crippen LogP contribution in [-0.2, 0) is 0 Å². The minimum Gasteiger partial charge on any atom is -0.477 e. The molecular formula is C12H13NO2. The predicted molar refractivity (Wildman–Crippen MR) is 57.5 cm³/mol. The first-order valence-corrected chi connectivity index (χ1v) is 4.78. The number of carboxylic acids is 1. The Hall–Kier alpha value is -1.82. The van der Waals surface area contributed by atoms with Gasteiger partial charge >= 0.3 is 5.97 Å². The first-order chi connectivity index (χ1) is 7.09. The largest absolute Gasteiger partial charge is 0.477 e. The lowest BCUT2D eigenvalue weighted by atomic mass is 10.1. The van der Waals surface area contributed by atoms with Crippen molar-refractivity contribution in [1.29, 1.82) is 0 Å². The van der Waals surface area contributed by atoms with Gasteiger partial charge in [0, 0.05) is 18.2 Å². The SMILES string of the molecule is CC(C)CC#Cc1ccnc(C(=O)O)c1. The van der Waals surface area contributed by atoms with E-state index < -0.39 is 5.97 Å². The molecule has 0 fully saturated rings. The fraction of sp³-hybridized carbons (Fsp3) is 0.333. The Kier molecular flexibility index (Phi) is 3.87. The van der Waals surface area contributed by atoms with Crippen LogP contribution in [0.1, 0.15) is 36.3 Å². The van der Waals surface area contributed by atoms with Crippen molar-refractivity contribution in [3.8, 4) is 11.8 Å². The lowest BCUT2D eigenvalue weighted by Gasteiger charge is -1.95. The maximum Gasteiger partial charge on any atom is 0.354 e. The summed E-state index contributed by atoms with van der Waals surface area (Å²) in [6.07, 6.45) is 2.27. The summed E-state index contributed by atoms with van der Waals surface area (Å²) in [6.45, 7) is 4.17. The summed E-state index contributed by atoms with van der Waals surface area (Å²) in [7, 11) is 0. The molecule has 0 spiro atoms. The van der Waals surface area contributed by atoms with Gasteiger partial charge in [0.25, 0.3) is 0 Å². The second-order valence-electron chi connectivity index (χ2n) is 3.63. The number of aromatic nitrogens is 1. The van der Waals surface area contributed by atoms with E-state index in [1.165, 1.54) is 12.3 Å². The zero-order valence-corrected chi connectivity index (χ0v) is 8.82. The van der Waals surface area contributed by atoms with Gasteiger partial charge in [-0.25, -0.2) is 9.78 Å². The van der Waals surface area contributed by atoms with E-state index in [1.54, 1.807) is 6.07 Å². The van der Waals surface area contributed by atoms with E-state index in [4.69, 9.17) is 5.11 Å². The van der Waals surface area contributed by atoms with Crippen LogP contribution >= 0.6 is 0 Å². The van der Waals surface area contributed by atoms with Crippen molar-refractivity contribution in [3.05, 3.63) is 29.6 Å². The van der Waals surface area contributed by atoms with E-state index in [1.807, 2.05) is 0 Å². The van der Waals surface area contributed by atoms with Crippen molar-refractivity contribution in [1.82, 2.24) is 4.98 Å². The van der Waals surface area contributed by atoms with Crippen LogP contribution in [0.3, 0.4) is 0 Å². The van der Waals surface area contributed by atoms with Crippen LogP contribution in [0.2, 0.25) is 0 Å². The molecule has 1 heterocycles. The molecular weight excluding hydrogens is 190 g/mol. The Balaban J connectivity index is 2.81. The van der Waals surface area contributed by atoms with Crippen LogP contribution in [0.25, 0.3) is 0 Å². The summed E-state index contributed by atoms with van der Waals surface area (Å²) >= 11 is 0.